The van der Waals surface area contributed by atoms with E-state index in [2.05, 4.69) is 10.0 Å². The van der Waals surface area contributed by atoms with Gasteiger partial charge in [0, 0.05) is 19.2 Å². The lowest BCUT2D eigenvalue weighted by Gasteiger charge is -2.16. The monoisotopic (exact) mass is 465 g/mol. The minimum Gasteiger partial charge on any atom is -0.495 e. The molecule has 0 atom stereocenters. The smallest absolute Gasteiger partial charge is 0.261 e. The normalized spacial score (nSPS) is 12.7. The number of sulfonamides is 1. The summed E-state index contributed by atoms with van der Waals surface area (Å²) >= 11 is 0. The second-order valence-electron chi connectivity index (χ2n) is 7.52. The first-order valence-electron chi connectivity index (χ1n) is 10.3. The number of nitrogens with zero attached hydrogens (tertiary/aromatic N) is 1. The third kappa shape index (κ3) is 4.54. The largest absolute Gasteiger partial charge is 0.495 e. The van der Waals surface area contributed by atoms with E-state index < -0.39 is 15.9 Å². The molecular weight excluding hydrogens is 442 g/mol. The van der Waals surface area contributed by atoms with Crippen molar-refractivity contribution in [2.24, 2.45) is 0 Å². The number of ether oxygens (including phenoxy) is 1. The highest BCUT2D eigenvalue weighted by molar-refractivity contribution is 7.92. The highest BCUT2D eigenvalue weighted by atomic mass is 32.2. The van der Waals surface area contributed by atoms with E-state index in [4.69, 9.17) is 4.74 Å². The molecule has 3 aromatic rings. The molecule has 1 aliphatic rings. The summed E-state index contributed by atoms with van der Waals surface area (Å²) in [6, 6.07) is 18.0. The zero-order valence-corrected chi connectivity index (χ0v) is 19.0. The molecule has 0 aromatic heterocycles. The highest BCUT2D eigenvalue weighted by Crippen LogP contribution is 2.31. The van der Waals surface area contributed by atoms with Crippen molar-refractivity contribution in [3.63, 3.8) is 0 Å². The van der Waals surface area contributed by atoms with Gasteiger partial charge in [0.05, 0.1) is 28.9 Å². The fourth-order valence-corrected chi connectivity index (χ4v) is 4.91. The average molecular weight is 466 g/mol. The summed E-state index contributed by atoms with van der Waals surface area (Å²) in [5, 5.41) is 2.76. The van der Waals surface area contributed by atoms with Gasteiger partial charge < -0.3 is 15.0 Å². The van der Waals surface area contributed by atoms with E-state index in [-0.39, 0.29) is 22.1 Å². The van der Waals surface area contributed by atoms with E-state index in [1.165, 1.54) is 32.2 Å². The Morgan fingerprint density at radius 1 is 0.970 bits per heavy atom. The number of hydrogen-bond acceptors (Lipinski definition) is 5. The number of fused-ring (bicyclic) bond motifs is 1. The highest BCUT2D eigenvalue weighted by Gasteiger charge is 2.25. The summed E-state index contributed by atoms with van der Waals surface area (Å²) < 4.78 is 34.0. The van der Waals surface area contributed by atoms with Gasteiger partial charge in [-0.1, -0.05) is 24.3 Å². The fourth-order valence-electron chi connectivity index (χ4n) is 3.78. The first-order valence-corrected chi connectivity index (χ1v) is 11.8. The Morgan fingerprint density at radius 3 is 2.39 bits per heavy atom. The lowest BCUT2D eigenvalue weighted by atomic mass is 10.1. The van der Waals surface area contributed by atoms with Crippen LogP contribution in [0, 0.1) is 0 Å². The van der Waals surface area contributed by atoms with E-state index in [0.29, 0.717) is 24.4 Å². The maximum absolute atomic E-state index is 13.1. The van der Waals surface area contributed by atoms with Gasteiger partial charge in [-0.05, 0) is 54.4 Å². The molecule has 2 N–H and O–H groups in total. The van der Waals surface area contributed by atoms with Crippen molar-refractivity contribution in [3.05, 3.63) is 77.9 Å². The second kappa shape index (κ2) is 8.95. The summed E-state index contributed by atoms with van der Waals surface area (Å²) in [4.78, 5) is 26.4. The molecule has 0 spiro atoms. The standard InChI is InChI=1S/C24H23N3O5S/c1-16(28)27-14-13-17-15-18(11-12-22(17)27)33(30,31)26-20-8-4-3-7-19(20)24(29)25-21-9-5-6-10-23(21)32-2/h3-12,15,26H,13-14H2,1-2H3,(H,25,29). The number of anilines is 3. The molecule has 9 heteroatoms. The fraction of sp³-hybridized carbons (Fsp3) is 0.167. The molecule has 0 saturated carbocycles. The number of rotatable bonds is 6. The first-order chi connectivity index (χ1) is 15.8. The van der Waals surface area contributed by atoms with Crippen LogP contribution >= 0.6 is 0 Å². The average Bonchev–Trinajstić information content (AvgIpc) is 3.23. The Balaban J connectivity index is 1.60. The number of benzene rings is 3. The van der Waals surface area contributed by atoms with Crippen LogP contribution in [0.15, 0.2) is 71.6 Å². The molecular formula is C24H23N3O5S. The number of amides is 2. The van der Waals surface area contributed by atoms with Gasteiger partial charge in [0.2, 0.25) is 5.91 Å². The molecule has 1 aliphatic heterocycles. The summed E-state index contributed by atoms with van der Waals surface area (Å²) in [5.74, 6) is -0.0806. The molecule has 0 fully saturated rings. The van der Waals surface area contributed by atoms with Gasteiger partial charge in [0.15, 0.2) is 0 Å². The first kappa shape index (κ1) is 22.3. The summed E-state index contributed by atoms with van der Waals surface area (Å²) in [5.41, 5.74) is 2.29. The lowest BCUT2D eigenvalue weighted by Crippen LogP contribution is -2.25. The van der Waals surface area contributed by atoms with Crippen LogP contribution in [0.25, 0.3) is 0 Å². The van der Waals surface area contributed by atoms with E-state index >= 15 is 0 Å². The number of carbonyl (C=O) groups is 2. The molecule has 3 aromatic carbocycles. The molecule has 4 rings (SSSR count). The number of methoxy groups -OCH3 is 1. The van der Waals surface area contributed by atoms with Crippen LogP contribution in [0.5, 0.6) is 5.75 Å². The Morgan fingerprint density at radius 2 is 1.67 bits per heavy atom. The quantitative estimate of drug-likeness (QED) is 0.578. The zero-order valence-electron chi connectivity index (χ0n) is 18.2. The second-order valence-corrected chi connectivity index (χ2v) is 9.20. The number of hydrogen-bond donors (Lipinski definition) is 2. The van der Waals surface area contributed by atoms with Crippen LogP contribution < -0.4 is 19.7 Å². The SMILES string of the molecule is COc1ccccc1NC(=O)c1ccccc1NS(=O)(=O)c1ccc2c(c1)CCN2C(C)=O. The molecule has 33 heavy (non-hydrogen) atoms. The molecule has 0 bridgehead atoms. The predicted octanol–water partition coefficient (Wildman–Crippen LogP) is 3.66. The number of carbonyl (C=O) groups excluding carboxylic acids is 2. The maximum Gasteiger partial charge on any atom is 0.261 e. The van der Waals surface area contributed by atoms with Crippen LogP contribution in [0.3, 0.4) is 0 Å². The van der Waals surface area contributed by atoms with Crippen molar-refractivity contribution in [1.29, 1.82) is 0 Å². The summed E-state index contributed by atoms with van der Waals surface area (Å²) in [7, 11) is -2.47. The number of nitrogens with one attached hydrogen (secondary N) is 2. The van der Waals surface area contributed by atoms with E-state index in [1.807, 2.05) is 0 Å². The van der Waals surface area contributed by atoms with Crippen LogP contribution in [0.1, 0.15) is 22.8 Å². The number of para-hydroxylation sites is 3. The van der Waals surface area contributed by atoms with Gasteiger partial charge in [0.25, 0.3) is 15.9 Å². The van der Waals surface area contributed by atoms with Crippen LogP contribution in [-0.2, 0) is 21.2 Å². The van der Waals surface area contributed by atoms with Crippen molar-refractivity contribution in [2.45, 2.75) is 18.2 Å². The van der Waals surface area contributed by atoms with Crippen molar-refractivity contribution in [2.75, 3.05) is 28.6 Å². The van der Waals surface area contributed by atoms with Gasteiger partial charge >= 0.3 is 0 Å². The van der Waals surface area contributed by atoms with Crippen molar-refractivity contribution < 1.29 is 22.7 Å². The van der Waals surface area contributed by atoms with Crippen LogP contribution in [0.4, 0.5) is 17.1 Å². The van der Waals surface area contributed by atoms with Gasteiger partial charge in [-0.2, -0.15) is 0 Å². The Hall–Kier alpha value is -3.85. The van der Waals surface area contributed by atoms with E-state index in [9.17, 15) is 18.0 Å². The maximum atomic E-state index is 13.1. The molecule has 2 amide bonds. The topological polar surface area (TPSA) is 105 Å². The molecule has 0 unspecified atom stereocenters. The van der Waals surface area contributed by atoms with Crippen molar-refractivity contribution >= 4 is 38.9 Å². The lowest BCUT2D eigenvalue weighted by molar-refractivity contribution is -0.116. The molecule has 0 radical (unpaired) electrons. The van der Waals surface area contributed by atoms with Gasteiger partial charge in [-0.25, -0.2) is 8.42 Å². The molecule has 8 nitrogen and oxygen atoms in total. The van der Waals surface area contributed by atoms with Gasteiger partial charge in [-0.3, -0.25) is 14.3 Å². The van der Waals surface area contributed by atoms with Crippen molar-refractivity contribution in [3.8, 4) is 5.75 Å². The minimum atomic E-state index is -3.97. The summed E-state index contributed by atoms with van der Waals surface area (Å²) in [6.45, 7) is 2.00. The van der Waals surface area contributed by atoms with Crippen LogP contribution in [-0.4, -0.2) is 33.9 Å². The Kier molecular flexibility index (Phi) is 6.06. The van der Waals surface area contributed by atoms with Crippen LogP contribution in [0.2, 0.25) is 0 Å². The molecule has 1 heterocycles. The van der Waals surface area contributed by atoms with E-state index in [1.54, 1.807) is 53.4 Å². The minimum absolute atomic E-state index is 0.0617. The van der Waals surface area contributed by atoms with E-state index in [0.717, 1.165) is 11.3 Å². The third-order valence-electron chi connectivity index (χ3n) is 5.41. The summed E-state index contributed by atoms with van der Waals surface area (Å²) in [6.07, 6.45) is 0.580. The third-order valence-corrected chi connectivity index (χ3v) is 6.77. The molecule has 0 saturated heterocycles. The van der Waals surface area contributed by atoms with Gasteiger partial charge in [0.1, 0.15) is 5.75 Å². The molecule has 0 aliphatic carbocycles. The van der Waals surface area contributed by atoms with Gasteiger partial charge in [-0.15, -0.1) is 0 Å². The predicted molar refractivity (Wildman–Crippen MR) is 126 cm³/mol. The van der Waals surface area contributed by atoms with Crippen molar-refractivity contribution in [1.82, 2.24) is 0 Å². The zero-order chi connectivity index (χ0) is 23.6. The Labute approximate surface area is 192 Å². The molecule has 170 valence electrons. The Bertz CT molecular complexity index is 1340.